The lowest BCUT2D eigenvalue weighted by Gasteiger charge is -2.09. The van der Waals surface area contributed by atoms with Crippen LogP contribution < -0.4 is 10.2 Å². The van der Waals surface area contributed by atoms with Crippen LogP contribution in [-0.4, -0.2) is 5.11 Å². The standard InChI is InChI=1S/C12H6FNO4/c13-11-9(16)4-3-8-12(11)18-10-5-6(15)1-2-7(10)14(8)17/h1-5,16H. The third-order valence-corrected chi connectivity index (χ3v) is 2.64. The number of hydrogen-bond donors (Lipinski definition) is 1. The average molecular weight is 247 g/mol. The Hall–Kier alpha value is -2.63. The van der Waals surface area contributed by atoms with E-state index in [9.17, 15) is 19.5 Å². The molecule has 90 valence electrons. The fourth-order valence-corrected chi connectivity index (χ4v) is 1.78. The first-order chi connectivity index (χ1) is 8.58. The van der Waals surface area contributed by atoms with Crippen molar-refractivity contribution in [2.24, 2.45) is 0 Å². The molecule has 0 spiro atoms. The quantitative estimate of drug-likeness (QED) is 0.370. The second kappa shape index (κ2) is 3.43. The number of phenolic OH excluding ortho intramolecular Hbond substituents is 1. The van der Waals surface area contributed by atoms with Crippen molar-refractivity contribution in [2.75, 3.05) is 0 Å². The molecule has 0 aromatic heterocycles. The van der Waals surface area contributed by atoms with Crippen molar-refractivity contribution in [2.45, 2.75) is 0 Å². The highest BCUT2D eigenvalue weighted by molar-refractivity contribution is 5.74. The van der Waals surface area contributed by atoms with Crippen molar-refractivity contribution in [3.05, 3.63) is 51.6 Å². The van der Waals surface area contributed by atoms with Gasteiger partial charge in [0.25, 0.3) is 11.2 Å². The number of benzene rings is 2. The average Bonchev–Trinajstić information content (AvgIpc) is 2.34. The van der Waals surface area contributed by atoms with Crippen LogP contribution in [0.1, 0.15) is 0 Å². The van der Waals surface area contributed by atoms with Crippen molar-refractivity contribution in [1.29, 1.82) is 0 Å². The predicted octanol–water partition coefficient (Wildman–Crippen LogP) is 1.38. The van der Waals surface area contributed by atoms with Crippen LogP contribution in [0.15, 0.2) is 39.5 Å². The smallest absolute Gasteiger partial charge is 0.263 e. The molecule has 0 bridgehead atoms. The molecule has 1 aromatic rings. The van der Waals surface area contributed by atoms with Gasteiger partial charge in [0.2, 0.25) is 17.2 Å². The number of phenols is 1. The first-order valence-electron chi connectivity index (χ1n) is 5.05. The van der Waals surface area contributed by atoms with E-state index in [4.69, 9.17) is 4.42 Å². The van der Waals surface area contributed by atoms with E-state index in [-0.39, 0.29) is 28.0 Å². The summed E-state index contributed by atoms with van der Waals surface area (Å²) in [5.41, 5.74) is -0.682. The molecule has 2 aliphatic rings. The van der Waals surface area contributed by atoms with E-state index in [2.05, 4.69) is 0 Å². The zero-order valence-corrected chi connectivity index (χ0v) is 8.88. The van der Waals surface area contributed by atoms with Gasteiger partial charge in [0.05, 0.1) is 0 Å². The van der Waals surface area contributed by atoms with Gasteiger partial charge in [-0.25, -0.2) is 0 Å². The molecule has 0 amide bonds. The van der Waals surface area contributed by atoms with E-state index in [0.717, 1.165) is 12.1 Å². The molecule has 0 fully saturated rings. The first-order valence-corrected chi connectivity index (χ1v) is 5.05. The highest BCUT2D eigenvalue weighted by Gasteiger charge is 2.22. The van der Waals surface area contributed by atoms with Crippen molar-refractivity contribution in [3.8, 4) is 17.2 Å². The number of rotatable bonds is 0. The molecule has 1 heterocycles. The lowest BCUT2D eigenvalue weighted by atomic mass is 10.2. The third-order valence-electron chi connectivity index (χ3n) is 2.64. The molecule has 5 nitrogen and oxygen atoms in total. The first kappa shape index (κ1) is 10.5. The zero-order chi connectivity index (χ0) is 12.9. The van der Waals surface area contributed by atoms with Crippen LogP contribution in [0.3, 0.4) is 0 Å². The molecule has 18 heavy (non-hydrogen) atoms. The number of nitrogens with zero attached hydrogens (tertiary/aromatic N) is 1. The number of fused-ring (bicyclic) bond motifs is 2. The molecule has 1 aliphatic carbocycles. The molecule has 0 saturated heterocycles. The Balaban J connectivity index is 2.58. The lowest BCUT2D eigenvalue weighted by molar-refractivity contribution is -0.566. The van der Waals surface area contributed by atoms with Crippen LogP contribution in [0.5, 0.6) is 5.75 Å². The molecule has 6 heteroatoms. The van der Waals surface area contributed by atoms with Gasteiger partial charge >= 0.3 is 0 Å². The van der Waals surface area contributed by atoms with Gasteiger partial charge in [-0.1, -0.05) is 0 Å². The number of hydrogen-bond acceptors (Lipinski definition) is 4. The summed E-state index contributed by atoms with van der Waals surface area (Å²) in [6.07, 6.45) is 0. The third kappa shape index (κ3) is 1.32. The fourth-order valence-electron chi connectivity index (χ4n) is 1.78. The van der Waals surface area contributed by atoms with Crippen LogP contribution in [0.4, 0.5) is 4.39 Å². The monoisotopic (exact) mass is 247 g/mol. The van der Waals surface area contributed by atoms with Gasteiger partial charge in [-0.2, -0.15) is 9.12 Å². The summed E-state index contributed by atoms with van der Waals surface area (Å²) in [6, 6.07) is 5.92. The summed E-state index contributed by atoms with van der Waals surface area (Å²) in [6.45, 7) is 0. The molecule has 1 N–H and O–H groups in total. The second-order valence-corrected chi connectivity index (χ2v) is 3.77. The van der Waals surface area contributed by atoms with Gasteiger partial charge in [-0.15, -0.1) is 0 Å². The molecule has 3 rings (SSSR count). The largest absolute Gasteiger partial charge is 0.618 e. The lowest BCUT2D eigenvalue weighted by Crippen LogP contribution is -2.31. The maximum absolute atomic E-state index is 13.6. The van der Waals surface area contributed by atoms with E-state index in [1.807, 2.05) is 0 Å². The molecule has 0 saturated carbocycles. The minimum Gasteiger partial charge on any atom is -0.618 e. The maximum Gasteiger partial charge on any atom is 0.263 e. The van der Waals surface area contributed by atoms with E-state index >= 15 is 0 Å². The number of halogens is 1. The topological polar surface area (TPSA) is 77.4 Å². The van der Waals surface area contributed by atoms with E-state index in [1.54, 1.807) is 0 Å². The molecule has 1 aromatic carbocycles. The van der Waals surface area contributed by atoms with E-state index < -0.39 is 11.6 Å². The molecule has 1 aliphatic heterocycles. The zero-order valence-electron chi connectivity index (χ0n) is 8.88. The molecule has 0 unspecified atom stereocenters. The molecular formula is C12H6FNO4. The summed E-state index contributed by atoms with van der Waals surface area (Å²) < 4.78 is 19.3. The molecular weight excluding hydrogens is 241 g/mol. The minimum atomic E-state index is -1.03. The van der Waals surface area contributed by atoms with Gasteiger partial charge in [0.15, 0.2) is 11.2 Å². The van der Waals surface area contributed by atoms with Gasteiger partial charge in [0, 0.05) is 18.2 Å². The van der Waals surface area contributed by atoms with Crippen molar-refractivity contribution in [1.82, 2.24) is 0 Å². The Labute approximate surface area is 99.3 Å². The summed E-state index contributed by atoms with van der Waals surface area (Å²) in [4.78, 5) is 11.2. The van der Waals surface area contributed by atoms with Crippen LogP contribution >= 0.6 is 0 Å². The van der Waals surface area contributed by atoms with Crippen molar-refractivity contribution >= 4 is 11.1 Å². The van der Waals surface area contributed by atoms with Gasteiger partial charge in [-0.05, 0) is 12.1 Å². The highest BCUT2D eigenvalue weighted by atomic mass is 19.1. The highest BCUT2D eigenvalue weighted by Crippen LogP contribution is 2.27. The van der Waals surface area contributed by atoms with Gasteiger partial charge in [-0.3, -0.25) is 4.79 Å². The fraction of sp³-hybridized carbons (Fsp3) is 0. The van der Waals surface area contributed by atoms with Crippen molar-refractivity contribution < 1.29 is 18.6 Å². The van der Waals surface area contributed by atoms with Gasteiger partial charge < -0.3 is 14.7 Å². The molecule has 0 atom stereocenters. The Morgan fingerprint density at radius 2 is 2.06 bits per heavy atom. The predicted molar refractivity (Wildman–Crippen MR) is 59.7 cm³/mol. The summed E-state index contributed by atoms with van der Waals surface area (Å²) >= 11 is 0. The summed E-state index contributed by atoms with van der Waals surface area (Å²) in [7, 11) is 0. The SMILES string of the molecule is O=c1ccc2[n+]([O-])c3ccc(O)c(F)c3oc-2c1. The Bertz CT molecular complexity index is 796. The van der Waals surface area contributed by atoms with Crippen LogP contribution in [-0.2, 0) is 0 Å². The normalized spacial score (nSPS) is 11.2. The summed E-state index contributed by atoms with van der Waals surface area (Å²) in [5, 5.41) is 21.2. The Morgan fingerprint density at radius 3 is 2.83 bits per heavy atom. The Kier molecular flexibility index (Phi) is 2.00. The molecule has 0 radical (unpaired) electrons. The van der Waals surface area contributed by atoms with Crippen LogP contribution in [0.2, 0.25) is 0 Å². The van der Waals surface area contributed by atoms with Crippen LogP contribution in [0, 0.1) is 11.0 Å². The number of aromatic nitrogens is 1. The Morgan fingerprint density at radius 1 is 1.28 bits per heavy atom. The number of aromatic hydroxyl groups is 1. The van der Waals surface area contributed by atoms with Gasteiger partial charge in [0.1, 0.15) is 0 Å². The second-order valence-electron chi connectivity index (χ2n) is 3.77. The van der Waals surface area contributed by atoms with Crippen molar-refractivity contribution in [3.63, 3.8) is 0 Å². The van der Waals surface area contributed by atoms with Crippen LogP contribution in [0.25, 0.3) is 22.6 Å². The minimum absolute atomic E-state index is 0.0329. The van der Waals surface area contributed by atoms with E-state index in [0.29, 0.717) is 4.73 Å². The van der Waals surface area contributed by atoms with E-state index in [1.165, 1.54) is 18.2 Å². The maximum atomic E-state index is 13.6. The summed E-state index contributed by atoms with van der Waals surface area (Å²) in [5.74, 6) is -1.69.